The van der Waals surface area contributed by atoms with Crippen molar-refractivity contribution in [3.63, 3.8) is 0 Å². The van der Waals surface area contributed by atoms with Crippen LogP contribution >= 0.6 is 23.1 Å². The molecule has 0 aliphatic rings. The van der Waals surface area contributed by atoms with E-state index in [0.29, 0.717) is 16.7 Å². The number of aromatic nitrogens is 7. The van der Waals surface area contributed by atoms with Crippen molar-refractivity contribution in [2.45, 2.75) is 30.1 Å². The third-order valence-corrected chi connectivity index (χ3v) is 5.21. The molecule has 0 fully saturated rings. The molecule has 4 heterocycles. The van der Waals surface area contributed by atoms with Crippen LogP contribution in [0.3, 0.4) is 0 Å². The van der Waals surface area contributed by atoms with Crippen molar-refractivity contribution in [1.82, 2.24) is 34.6 Å². The van der Waals surface area contributed by atoms with E-state index in [4.69, 9.17) is 0 Å². The Bertz CT molecular complexity index is 1010. The molecule has 0 aliphatic carbocycles. The molecule has 4 aromatic heterocycles. The fourth-order valence-electron chi connectivity index (χ4n) is 2.31. The van der Waals surface area contributed by atoms with E-state index in [2.05, 4.69) is 25.5 Å². The van der Waals surface area contributed by atoms with Gasteiger partial charge in [-0.3, -0.25) is 0 Å². The molecule has 11 heteroatoms. The van der Waals surface area contributed by atoms with Gasteiger partial charge in [0.05, 0.1) is 4.88 Å². The summed E-state index contributed by atoms with van der Waals surface area (Å²) in [6.07, 6.45) is -2.74. The van der Waals surface area contributed by atoms with Crippen LogP contribution < -0.4 is 0 Å². The van der Waals surface area contributed by atoms with E-state index < -0.39 is 12.2 Å². The lowest BCUT2D eigenvalue weighted by Gasteiger charge is -2.06. The molecule has 0 radical (unpaired) electrons. The lowest BCUT2D eigenvalue weighted by Crippen LogP contribution is -2.02. The van der Waals surface area contributed by atoms with Crippen LogP contribution in [0.4, 0.5) is 8.78 Å². The van der Waals surface area contributed by atoms with Crippen molar-refractivity contribution < 1.29 is 8.78 Å². The number of hydrogen-bond acceptors (Lipinski definition) is 7. The maximum absolute atomic E-state index is 13.0. The fraction of sp³-hybridized carbons (Fsp3) is 0.214. The molecule has 0 N–H and O–H groups in total. The van der Waals surface area contributed by atoms with E-state index >= 15 is 0 Å². The molecule has 0 amide bonds. The van der Waals surface area contributed by atoms with E-state index in [1.165, 1.54) is 11.8 Å². The Morgan fingerprint density at radius 1 is 1.16 bits per heavy atom. The van der Waals surface area contributed by atoms with E-state index in [9.17, 15) is 8.78 Å². The highest BCUT2D eigenvalue weighted by Gasteiger charge is 2.19. The van der Waals surface area contributed by atoms with Crippen LogP contribution in [0.2, 0.25) is 0 Å². The van der Waals surface area contributed by atoms with Crippen LogP contribution in [-0.2, 0) is 6.54 Å². The van der Waals surface area contributed by atoms with Gasteiger partial charge in [0.1, 0.15) is 5.03 Å². The summed E-state index contributed by atoms with van der Waals surface area (Å²) in [6, 6.07) is 7.23. The SMILES string of the molecule is CCn1c(Sc2ccc3nnc(C(F)F)n3n2)nnc1-c1cccs1. The average Bonchev–Trinajstić information content (AvgIpc) is 3.33. The summed E-state index contributed by atoms with van der Waals surface area (Å²) in [5.41, 5.74) is 0.274. The first kappa shape index (κ1) is 16.1. The zero-order valence-electron chi connectivity index (χ0n) is 12.9. The number of rotatable bonds is 5. The number of nitrogens with zero attached hydrogens (tertiary/aromatic N) is 7. The minimum atomic E-state index is -2.74. The van der Waals surface area contributed by atoms with Crippen LogP contribution in [0.15, 0.2) is 39.8 Å². The van der Waals surface area contributed by atoms with Gasteiger partial charge in [0.2, 0.25) is 5.82 Å². The summed E-state index contributed by atoms with van der Waals surface area (Å²) >= 11 is 2.84. The second kappa shape index (κ2) is 6.48. The molecule has 0 atom stereocenters. The number of fused-ring (bicyclic) bond motifs is 1. The van der Waals surface area contributed by atoms with Crippen LogP contribution in [0.5, 0.6) is 0 Å². The molecule has 4 rings (SSSR count). The third-order valence-electron chi connectivity index (χ3n) is 3.43. The first-order valence-corrected chi connectivity index (χ1v) is 9.02. The van der Waals surface area contributed by atoms with Crippen LogP contribution in [0.25, 0.3) is 16.3 Å². The molecular weight excluding hydrogens is 368 g/mol. The molecule has 0 aromatic carbocycles. The van der Waals surface area contributed by atoms with Gasteiger partial charge in [0, 0.05) is 6.54 Å². The smallest absolute Gasteiger partial charge is 0.299 e. The normalized spacial score (nSPS) is 11.7. The number of hydrogen-bond donors (Lipinski definition) is 0. The van der Waals surface area contributed by atoms with Crippen molar-refractivity contribution in [2.24, 2.45) is 0 Å². The Morgan fingerprint density at radius 3 is 2.76 bits per heavy atom. The molecular formula is C14H11F2N7S2. The lowest BCUT2D eigenvalue weighted by atomic mass is 10.4. The Morgan fingerprint density at radius 2 is 2.04 bits per heavy atom. The second-order valence-corrected chi connectivity index (χ2v) is 6.87. The van der Waals surface area contributed by atoms with Crippen LogP contribution in [0, 0.1) is 0 Å². The summed E-state index contributed by atoms with van der Waals surface area (Å²) in [6.45, 7) is 2.68. The van der Waals surface area contributed by atoms with Gasteiger partial charge >= 0.3 is 0 Å². The second-order valence-electron chi connectivity index (χ2n) is 4.93. The van der Waals surface area contributed by atoms with Gasteiger partial charge in [0.25, 0.3) is 6.43 Å². The van der Waals surface area contributed by atoms with Crippen molar-refractivity contribution in [3.8, 4) is 10.7 Å². The third kappa shape index (κ3) is 2.89. The zero-order valence-corrected chi connectivity index (χ0v) is 14.5. The predicted molar refractivity (Wildman–Crippen MR) is 88.9 cm³/mol. The lowest BCUT2D eigenvalue weighted by molar-refractivity contribution is 0.137. The van der Waals surface area contributed by atoms with E-state index in [-0.39, 0.29) is 5.65 Å². The highest BCUT2D eigenvalue weighted by atomic mass is 32.2. The van der Waals surface area contributed by atoms with Crippen LogP contribution in [-0.4, -0.2) is 34.6 Å². The van der Waals surface area contributed by atoms with Gasteiger partial charge in [-0.1, -0.05) is 6.07 Å². The standard InChI is InChI=1S/C14H11F2N7S2/c1-2-22-12(8-4-3-7-24-8)18-20-14(22)25-10-6-5-9-17-19-13(11(15)16)23(9)21-10/h3-7,11H,2H2,1H3. The highest BCUT2D eigenvalue weighted by molar-refractivity contribution is 7.99. The molecule has 128 valence electrons. The predicted octanol–water partition coefficient (Wildman–Crippen LogP) is 3.55. The van der Waals surface area contributed by atoms with E-state index in [1.807, 2.05) is 29.0 Å². The highest BCUT2D eigenvalue weighted by Crippen LogP contribution is 2.30. The average molecular weight is 379 g/mol. The topological polar surface area (TPSA) is 73.8 Å². The molecule has 7 nitrogen and oxygen atoms in total. The molecule has 4 aromatic rings. The number of alkyl halides is 2. The summed E-state index contributed by atoms with van der Waals surface area (Å²) in [4.78, 5) is 1.02. The summed E-state index contributed by atoms with van der Waals surface area (Å²) in [7, 11) is 0. The zero-order chi connectivity index (χ0) is 17.4. The molecule has 0 saturated heterocycles. The van der Waals surface area contributed by atoms with Gasteiger partial charge in [-0.05, 0) is 42.3 Å². The Hall–Kier alpha value is -2.40. The molecule has 25 heavy (non-hydrogen) atoms. The van der Waals surface area contributed by atoms with Crippen molar-refractivity contribution in [3.05, 3.63) is 35.5 Å². The Labute approximate surface area is 148 Å². The maximum atomic E-state index is 13.0. The van der Waals surface area contributed by atoms with E-state index in [0.717, 1.165) is 15.2 Å². The largest absolute Gasteiger partial charge is 0.301 e. The summed E-state index contributed by atoms with van der Waals surface area (Å²) < 4.78 is 29.0. The van der Waals surface area contributed by atoms with Crippen molar-refractivity contribution in [1.29, 1.82) is 0 Å². The first-order chi connectivity index (χ1) is 12.2. The maximum Gasteiger partial charge on any atom is 0.299 e. The fourth-order valence-corrected chi connectivity index (χ4v) is 3.88. The Kier molecular flexibility index (Phi) is 4.17. The summed E-state index contributed by atoms with van der Waals surface area (Å²) in [5, 5.41) is 23.0. The van der Waals surface area contributed by atoms with Gasteiger partial charge in [-0.2, -0.15) is 9.61 Å². The van der Waals surface area contributed by atoms with E-state index in [1.54, 1.807) is 23.5 Å². The number of halogens is 2. The van der Waals surface area contributed by atoms with Crippen LogP contribution in [0.1, 0.15) is 19.2 Å². The molecule has 0 aliphatic heterocycles. The monoisotopic (exact) mass is 379 g/mol. The molecule has 0 spiro atoms. The minimum Gasteiger partial charge on any atom is -0.301 e. The minimum absolute atomic E-state index is 0.274. The van der Waals surface area contributed by atoms with Crippen molar-refractivity contribution >= 4 is 28.7 Å². The molecule has 0 bridgehead atoms. The van der Waals surface area contributed by atoms with Crippen molar-refractivity contribution in [2.75, 3.05) is 0 Å². The summed E-state index contributed by atoms with van der Waals surface area (Å²) in [5.74, 6) is 0.298. The van der Waals surface area contributed by atoms with Gasteiger partial charge in [-0.15, -0.1) is 31.7 Å². The van der Waals surface area contributed by atoms with Gasteiger partial charge < -0.3 is 4.57 Å². The van der Waals surface area contributed by atoms with Gasteiger partial charge in [0.15, 0.2) is 16.6 Å². The van der Waals surface area contributed by atoms with Gasteiger partial charge in [-0.25, -0.2) is 8.78 Å². The quantitative estimate of drug-likeness (QED) is 0.528. The first-order valence-electron chi connectivity index (χ1n) is 7.33. The number of thiophene rings is 1. The molecule has 0 unspecified atom stereocenters. The molecule has 0 saturated carbocycles. The Balaban J connectivity index is 1.71.